The summed E-state index contributed by atoms with van der Waals surface area (Å²) >= 11 is 5.73. The van der Waals surface area contributed by atoms with E-state index in [1.807, 2.05) is 5.48 Å². The Hall–Kier alpha value is -2.37. The van der Waals surface area contributed by atoms with Gasteiger partial charge in [0.25, 0.3) is 0 Å². The summed E-state index contributed by atoms with van der Waals surface area (Å²) in [5, 5.41) is 16.5. The lowest BCUT2D eigenvalue weighted by molar-refractivity contribution is 0.228. The van der Waals surface area contributed by atoms with Gasteiger partial charge in [-0.05, 0) is 0 Å². The number of hydrogen-bond donors (Lipinski definition) is 3. The maximum atomic E-state index is 10.3. The summed E-state index contributed by atoms with van der Waals surface area (Å²) < 4.78 is 30.2. The van der Waals surface area contributed by atoms with Gasteiger partial charge in [-0.15, -0.1) is 0 Å². The zero-order valence-electron chi connectivity index (χ0n) is 11.7. The van der Waals surface area contributed by atoms with E-state index >= 15 is 0 Å². The summed E-state index contributed by atoms with van der Waals surface area (Å²) in [6.45, 7) is 0.593. The predicted molar refractivity (Wildman–Crippen MR) is 82.1 cm³/mol. The molecule has 0 aliphatic rings. The van der Waals surface area contributed by atoms with E-state index in [1.165, 1.54) is 17.1 Å². The van der Waals surface area contributed by atoms with Crippen LogP contribution in [0.3, 0.4) is 0 Å². The number of hydroxylamine groups is 1. The zero-order valence-corrected chi connectivity index (χ0v) is 13.3. The second-order valence-electron chi connectivity index (χ2n) is 4.15. The Balaban J connectivity index is 1.97. The quantitative estimate of drug-likeness (QED) is 0.302. The van der Waals surface area contributed by atoms with Gasteiger partial charge in [0, 0.05) is 12.6 Å². The van der Waals surface area contributed by atoms with Crippen LogP contribution in [0, 0.1) is 0 Å². The van der Waals surface area contributed by atoms with Gasteiger partial charge in [-0.1, -0.05) is 11.6 Å². The molecule has 0 unspecified atom stereocenters. The minimum atomic E-state index is -2.41. The molecule has 0 aromatic carbocycles. The number of rotatable bonds is 6. The summed E-state index contributed by atoms with van der Waals surface area (Å²) in [6, 6.07) is 1.61. The van der Waals surface area contributed by atoms with E-state index in [1.54, 1.807) is 12.3 Å². The van der Waals surface area contributed by atoms with Crippen LogP contribution < -0.4 is 10.8 Å². The first kappa shape index (κ1) is 17.0. The van der Waals surface area contributed by atoms with Gasteiger partial charge < -0.3 is 9.73 Å². The second kappa shape index (κ2) is 8.31. The fraction of sp³-hybridized carbons (Fsp3) is 0.273. The smallest absolute Gasteiger partial charge is 0.311 e. The predicted octanol–water partition coefficient (Wildman–Crippen LogP) is 0.987. The van der Waals surface area contributed by atoms with Crippen LogP contribution in [0.2, 0.25) is 5.02 Å². The lowest BCUT2D eigenvalue weighted by Gasteiger charge is -2.03. The monoisotopic (exact) mass is 360 g/mol. The van der Waals surface area contributed by atoms with Crippen molar-refractivity contribution >= 4 is 33.7 Å². The number of furan rings is 1. The van der Waals surface area contributed by atoms with E-state index < -0.39 is 10.5 Å². The minimum absolute atomic E-state index is 0.0796. The summed E-state index contributed by atoms with van der Waals surface area (Å²) in [7, 11) is -2.41. The molecule has 0 aliphatic heterocycles. The Bertz CT molecular complexity index is 804. The summed E-state index contributed by atoms with van der Waals surface area (Å²) in [4.78, 5) is 4.10. The molecule has 2 rings (SSSR count). The van der Waals surface area contributed by atoms with Crippen LogP contribution in [0.5, 0.6) is 0 Å². The number of hydrogen-bond acceptors (Lipinski definition) is 8. The van der Waals surface area contributed by atoms with Crippen molar-refractivity contribution in [3.05, 3.63) is 35.5 Å². The highest BCUT2D eigenvalue weighted by Crippen LogP contribution is 2.13. The number of nitrogens with zero attached hydrogens (tertiary/aromatic N) is 4. The van der Waals surface area contributed by atoms with Gasteiger partial charge in [-0.3, -0.25) is 5.21 Å². The van der Waals surface area contributed by atoms with Crippen LogP contribution in [-0.2, 0) is 17.0 Å². The lowest BCUT2D eigenvalue weighted by atomic mass is 10.4. The zero-order chi connectivity index (χ0) is 16.7. The Morgan fingerprint density at radius 3 is 3.00 bits per heavy atom. The van der Waals surface area contributed by atoms with Gasteiger partial charge >= 0.3 is 10.5 Å². The molecular formula is C11H13ClN6O4S. The molecule has 0 atom stereocenters. The van der Waals surface area contributed by atoms with Gasteiger partial charge in [0.05, 0.1) is 29.6 Å². The molecule has 0 fully saturated rings. The third kappa shape index (κ3) is 5.39. The lowest BCUT2D eigenvalue weighted by Crippen LogP contribution is -2.28. The molecule has 2 heterocycles. The summed E-state index contributed by atoms with van der Waals surface area (Å²) in [5.74, 6) is 0.608. The fourth-order valence-corrected chi connectivity index (χ4v) is 2.01. The molecule has 2 aromatic heterocycles. The Labute approximate surface area is 137 Å². The first-order valence-corrected chi connectivity index (χ1v) is 7.72. The number of anilines is 1. The molecule has 0 bridgehead atoms. The average Bonchev–Trinajstić information content (AvgIpc) is 3.14. The summed E-state index contributed by atoms with van der Waals surface area (Å²) in [6.07, 6.45) is 4.44. The standard InChI is InChI=1S/C11H13ClN6O4S/c12-8-3-10(22-7-8)5-14-11(17-19)18-6-9(4-15-18)13-1-2-16-23(20)21/h3-4,6-7,13,19H,1-2,5H2,(H,14,17). The topological polar surface area (TPSA) is 134 Å². The first-order valence-electron chi connectivity index (χ1n) is 6.31. The average molecular weight is 361 g/mol. The third-order valence-electron chi connectivity index (χ3n) is 2.54. The molecule has 0 amide bonds. The van der Waals surface area contributed by atoms with Crippen LogP contribution in [-0.4, -0.2) is 42.5 Å². The summed E-state index contributed by atoms with van der Waals surface area (Å²) in [5.41, 5.74) is 2.55. The highest BCUT2D eigenvalue weighted by molar-refractivity contribution is 7.61. The van der Waals surface area contributed by atoms with Crippen molar-refractivity contribution in [1.82, 2.24) is 15.3 Å². The molecule has 0 saturated carbocycles. The molecule has 2 aromatic rings. The van der Waals surface area contributed by atoms with Gasteiger partial charge in [0.2, 0.25) is 5.96 Å². The Kier molecular flexibility index (Phi) is 6.14. The third-order valence-corrected chi connectivity index (χ3v) is 3.14. The van der Waals surface area contributed by atoms with Gasteiger partial charge in [-0.2, -0.15) is 17.9 Å². The molecule has 10 nitrogen and oxygen atoms in total. The first-order chi connectivity index (χ1) is 11.1. The van der Waals surface area contributed by atoms with Crippen molar-refractivity contribution in [1.29, 1.82) is 0 Å². The molecule has 12 heteroatoms. The molecule has 0 saturated heterocycles. The van der Waals surface area contributed by atoms with Crippen molar-refractivity contribution < 1.29 is 18.0 Å². The largest absolute Gasteiger partial charge is 0.466 e. The second-order valence-corrected chi connectivity index (χ2v) is 5.28. The van der Waals surface area contributed by atoms with Crippen molar-refractivity contribution in [3.8, 4) is 0 Å². The van der Waals surface area contributed by atoms with Crippen molar-refractivity contribution in [2.45, 2.75) is 6.54 Å². The van der Waals surface area contributed by atoms with Gasteiger partial charge in [-0.25, -0.2) is 15.2 Å². The van der Waals surface area contributed by atoms with E-state index in [-0.39, 0.29) is 19.0 Å². The van der Waals surface area contributed by atoms with Crippen molar-refractivity contribution in [3.63, 3.8) is 0 Å². The normalized spacial score (nSPS) is 11.3. The van der Waals surface area contributed by atoms with Crippen molar-refractivity contribution in [2.75, 3.05) is 18.4 Å². The van der Waals surface area contributed by atoms with Crippen LogP contribution in [0.1, 0.15) is 5.76 Å². The molecule has 124 valence electrons. The number of aromatic nitrogens is 2. The highest BCUT2D eigenvalue weighted by Gasteiger charge is 2.05. The van der Waals surface area contributed by atoms with Crippen molar-refractivity contribution in [2.24, 2.45) is 9.36 Å². The number of aliphatic imine (C=N–C) groups is 1. The van der Waals surface area contributed by atoms with Crippen LogP contribution >= 0.6 is 11.6 Å². The van der Waals surface area contributed by atoms with Crippen LogP contribution in [0.15, 0.2) is 38.5 Å². The SMILES string of the molecule is O=S(=O)=NCCNc1cnn(C(=NCc2cc(Cl)co2)NO)c1. The Morgan fingerprint density at radius 1 is 1.52 bits per heavy atom. The van der Waals surface area contributed by atoms with E-state index in [0.29, 0.717) is 23.0 Å². The van der Waals surface area contributed by atoms with Crippen LogP contribution in [0.25, 0.3) is 0 Å². The molecule has 3 N–H and O–H groups in total. The maximum absolute atomic E-state index is 10.3. The molecule has 0 spiro atoms. The highest BCUT2D eigenvalue weighted by atomic mass is 35.5. The molecular weight excluding hydrogens is 348 g/mol. The molecule has 0 radical (unpaired) electrons. The van der Waals surface area contributed by atoms with Crippen LogP contribution in [0.4, 0.5) is 5.69 Å². The molecule has 23 heavy (non-hydrogen) atoms. The van der Waals surface area contributed by atoms with Gasteiger partial charge in [0.1, 0.15) is 18.6 Å². The van der Waals surface area contributed by atoms with E-state index in [9.17, 15) is 8.42 Å². The maximum Gasteiger partial charge on any atom is 0.311 e. The van der Waals surface area contributed by atoms with E-state index in [0.717, 1.165) is 0 Å². The Morgan fingerprint density at radius 2 is 2.35 bits per heavy atom. The fourth-order valence-electron chi connectivity index (χ4n) is 1.60. The number of halogens is 1. The number of nitrogens with one attached hydrogen (secondary N) is 2. The minimum Gasteiger partial charge on any atom is -0.466 e. The molecule has 0 aliphatic carbocycles. The van der Waals surface area contributed by atoms with E-state index in [4.69, 9.17) is 21.2 Å². The van der Waals surface area contributed by atoms with Gasteiger partial charge in [0.15, 0.2) is 0 Å². The van der Waals surface area contributed by atoms with E-state index in [2.05, 4.69) is 19.8 Å².